The fraction of sp³-hybridized carbons (Fsp3) is 0.526. The van der Waals surface area contributed by atoms with E-state index in [4.69, 9.17) is 9.15 Å². The Kier molecular flexibility index (Phi) is 6.63. The number of rotatable bonds is 9. The number of unbranched alkanes of at least 4 members (excludes halogenated alkanes) is 4. The Labute approximate surface area is 136 Å². The number of aryl methyl sites for hydroxylation is 1. The summed E-state index contributed by atoms with van der Waals surface area (Å²) in [5.41, 5.74) is -0.620. The summed E-state index contributed by atoms with van der Waals surface area (Å²) in [5, 5.41) is 0.555. The lowest BCUT2D eigenvalue weighted by Gasteiger charge is -2.08. The van der Waals surface area contributed by atoms with Crippen LogP contribution in [0.3, 0.4) is 0 Å². The first-order chi connectivity index (χ1) is 11.2. The lowest BCUT2D eigenvalue weighted by molar-refractivity contribution is 0.302. The van der Waals surface area contributed by atoms with Crippen molar-refractivity contribution < 1.29 is 13.5 Å². The molecule has 0 aliphatic rings. The van der Waals surface area contributed by atoms with E-state index in [2.05, 4.69) is 6.92 Å². The van der Waals surface area contributed by atoms with E-state index < -0.39 is 11.4 Å². The second-order valence-corrected chi connectivity index (χ2v) is 5.85. The van der Waals surface area contributed by atoms with Gasteiger partial charge >= 0.3 is 5.63 Å². The number of halogens is 1. The summed E-state index contributed by atoms with van der Waals surface area (Å²) < 4.78 is 25.0. The molecule has 126 valence electrons. The average molecular weight is 320 g/mol. The van der Waals surface area contributed by atoms with Crippen LogP contribution in [0.4, 0.5) is 4.39 Å². The molecule has 1 aromatic heterocycles. The minimum Gasteiger partial charge on any atom is -0.491 e. The van der Waals surface area contributed by atoms with Gasteiger partial charge in [0.1, 0.15) is 11.1 Å². The number of hydrogen-bond donors (Lipinski definition) is 0. The Balaban J connectivity index is 2.17. The second kappa shape index (κ2) is 8.70. The van der Waals surface area contributed by atoms with Crippen LogP contribution in [0.2, 0.25) is 0 Å². The maximum Gasteiger partial charge on any atom is 0.346 e. The van der Waals surface area contributed by atoms with Crippen LogP contribution in [0, 0.1) is 5.82 Å². The van der Waals surface area contributed by atoms with Gasteiger partial charge in [-0.15, -0.1) is 0 Å². The van der Waals surface area contributed by atoms with Crippen LogP contribution in [-0.2, 0) is 6.42 Å². The zero-order chi connectivity index (χ0) is 16.7. The minimum absolute atomic E-state index is 0.0201. The summed E-state index contributed by atoms with van der Waals surface area (Å²) in [5.74, 6) is 0.110. The number of hydrogen-bond acceptors (Lipinski definition) is 3. The normalized spacial score (nSPS) is 11.1. The third-order valence-electron chi connectivity index (χ3n) is 3.87. The zero-order valence-corrected chi connectivity index (χ0v) is 14.0. The third-order valence-corrected chi connectivity index (χ3v) is 3.87. The highest BCUT2D eigenvalue weighted by Gasteiger charge is 2.14. The van der Waals surface area contributed by atoms with Gasteiger partial charge < -0.3 is 9.15 Å². The first-order valence-electron chi connectivity index (χ1n) is 8.55. The van der Waals surface area contributed by atoms with Gasteiger partial charge in [0.25, 0.3) is 0 Å². The molecular weight excluding hydrogens is 295 g/mol. The highest BCUT2D eigenvalue weighted by atomic mass is 19.1. The molecule has 0 radical (unpaired) electrons. The van der Waals surface area contributed by atoms with Gasteiger partial charge in [0.15, 0.2) is 11.6 Å². The van der Waals surface area contributed by atoms with Crippen molar-refractivity contribution >= 4 is 10.8 Å². The fourth-order valence-electron chi connectivity index (χ4n) is 2.62. The summed E-state index contributed by atoms with van der Waals surface area (Å²) in [6, 6.07) is 5.07. The van der Waals surface area contributed by atoms with E-state index in [9.17, 15) is 9.18 Å². The molecule has 0 saturated carbocycles. The first-order valence-corrected chi connectivity index (χ1v) is 8.55. The smallest absolute Gasteiger partial charge is 0.346 e. The number of ether oxygens (including phenoxy) is 1. The van der Waals surface area contributed by atoms with Crippen LogP contribution >= 0.6 is 0 Å². The molecule has 0 bridgehead atoms. The van der Waals surface area contributed by atoms with E-state index in [-0.39, 0.29) is 11.1 Å². The van der Waals surface area contributed by atoms with Gasteiger partial charge in [0.2, 0.25) is 0 Å². The summed E-state index contributed by atoms with van der Waals surface area (Å²) >= 11 is 0. The maximum atomic E-state index is 14.4. The summed E-state index contributed by atoms with van der Waals surface area (Å²) in [6.07, 6.45) is 7.22. The van der Waals surface area contributed by atoms with E-state index >= 15 is 0 Å². The van der Waals surface area contributed by atoms with Crippen LogP contribution in [0.5, 0.6) is 5.75 Å². The molecule has 0 N–H and O–H groups in total. The van der Waals surface area contributed by atoms with Gasteiger partial charge in [-0.3, -0.25) is 0 Å². The Bertz CT molecular complexity index is 691. The molecule has 0 spiro atoms. The molecule has 1 heterocycles. The standard InChI is InChI=1S/C19H25FO3/c1-3-5-6-7-8-9-15-13-14-10-11-16(22-12-4-2)18(20)17(14)19(21)23-15/h10-11,13H,3-9,12H2,1-2H3. The maximum absolute atomic E-state index is 14.4. The molecule has 23 heavy (non-hydrogen) atoms. The third kappa shape index (κ3) is 4.57. The van der Waals surface area contributed by atoms with E-state index in [0.717, 1.165) is 19.3 Å². The fourth-order valence-corrected chi connectivity index (χ4v) is 2.62. The van der Waals surface area contributed by atoms with Crippen LogP contribution in [0.15, 0.2) is 27.4 Å². The molecule has 0 atom stereocenters. The second-order valence-electron chi connectivity index (χ2n) is 5.85. The quantitative estimate of drug-likeness (QED) is 0.594. The van der Waals surface area contributed by atoms with Crippen molar-refractivity contribution in [1.82, 2.24) is 0 Å². The monoisotopic (exact) mass is 320 g/mol. The lowest BCUT2D eigenvalue weighted by atomic mass is 10.1. The number of fused-ring (bicyclic) bond motifs is 1. The van der Waals surface area contributed by atoms with Gasteiger partial charge in [-0.1, -0.05) is 45.6 Å². The summed E-state index contributed by atoms with van der Waals surface area (Å²) in [4.78, 5) is 12.1. The zero-order valence-electron chi connectivity index (χ0n) is 14.0. The lowest BCUT2D eigenvalue weighted by Crippen LogP contribution is -2.06. The molecule has 2 aromatic rings. The highest BCUT2D eigenvalue weighted by molar-refractivity contribution is 5.83. The predicted octanol–water partition coefficient (Wildman–Crippen LogP) is 5.23. The van der Waals surface area contributed by atoms with Gasteiger partial charge in [0.05, 0.1) is 6.61 Å². The largest absolute Gasteiger partial charge is 0.491 e. The molecular formula is C19H25FO3. The molecule has 0 amide bonds. The first kappa shape index (κ1) is 17.5. The van der Waals surface area contributed by atoms with Crippen LogP contribution in [-0.4, -0.2) is 6.61 Å². The van der Waals surface area contributed by atoms with Crippen molar-refractivity contribution in [2.24, 2.45) is 0 Å². The SMILES string of the molecule is CCCCCCCc1cc2ccc(OCCC)c(F)c2c(=O)o1. The number of benzene rings is 1. The van der Waals surface area contributed by atoms with Crippen molar-refractivity contribution in [2.75, 3.05) is 6.61 Å². The van der Waals surface area contributed by atoms with Crippen molar-refractivity contribution in [3.8, 4) is 5.75 Å². The Morgan fingerprint density at radius 3 is 2.61 bits per heavy atom. The predicted molar refractivity (Wildman–Crippen MR) is 90.7 cm³/mol. The Morgan fingerprint density at radius 2 is 1.87 bits per heavy atom. The van der Waals surface area contributed by atoms with Crippen molar-refractivity contribution in [1.29, 1.82) is 0 Å². The Morgan fingerprint density at radius 1 is 1.09 bits per heavy atom. The van der Waals surface area contributed by atoms with Crippen LogP contribution < -0.4 is 10.4 Å². The molecule has 0 aliphatic heterocycles. The van der Waals surface area contributed by atoms with Crippen molar-refractivity contribution in [3.63, 3.8) is 0 Å². The molecule has 0 fully saturated rings. The molecule has 1 aromatic carbocycles. The van der Waals surface area contributed by atoms with E-state index in [1.165, 1.54) is 19.3 Å². The molecule has 4 heteroatoms. The van der Waals surface area contributed by atoms with E-state index in [1.807, 2.05) is 6.92 Å². The molecule has 0 unspecified atom stereocenters. The summed E-state index contributed by atoms with van der Waals surface area (Å²) in [6.45, 7) is 4.54. The topological polar surface area (TPSA) is 39.4 Å². The van der Waals surface area contributed by atoms with Gasteiger partial charge in [-0.05, 0) is 30.4 Å². The van der Waals surface area contributed by atoms with E-state index in [0.29, 0.717) is 24.2 Å². The molecule has 0 aliphatic carbocycles. The van der Waals surface area contributed by atoms with Gasteiger partial charge in [0, 0.05) is 6.42 Å². The Hall–Kier alpha value is -1.84. The van der Waals surface area contributed by atoms with Gasteiger partial charge in [-0.25, -0.2) is 9.18 Å². The summed E-state index contributed by atoms with van der Waals surface area (Å²) in [7, 11) is 0. The minimum atomic E-state index is -0.626. The van der Waals surface area contributed by atoms with Gasteiger partial charge in [-0.2, -0.15) is 0 Å². The van der Waals surface area contributed by atoms with Crippen LogP contribution in [0.1, 0.15) is 58.1 Å². The molecule has 2 rings (SSSR count). The van der Waals surface area contributed by atoms with Crippen LogP contribution in [0.25, 0.3) is 10.8 Å². The molecule has 3 nitrogen and oxygen atoms in total. The van der Waals surface area contributed by atoms with E-state index in [1.54, 1.807) is 18.2 Å². The van der Waals surface area contributed by atoms with Crippen molar-refractivity contribution in [2.45, 2.75) is 58.8 Å². The molecule has 0 saturated heterocycles. The average Bonchev–Trinajstić information content (AvgIpc) is 2.54. The highest BCUT2D eigenvalue weighted by Crippen LogP contribution is 2.25. The van der Waals surface area contributed by atoms with Crippen molar-refractivity contribution in [3.05, 3.63) is 40.2 Å².